The fourth-order valence-electron chi connectivity index (χ4n) is 1.76. The van der Waals surface area contributed by atoms with Crippen molar-refractivity contribution in [3.8, 4) is 6.07 Å². The molecule has 0 aliphatic rings. The van der Waals surface area contributed by atoms with E-state index in [1.165, 1.54) is 0 Å². The fraction of sp³-hybridized carbons (Fsp3) is 0.429. The van der Waals surface area contributed by atoms with Gasteiger partial charge < -0.3 is 15.4 Å². The van der Waals surface area contributed by atoms with Gasteiger partial charge >= 0.3 is 0 Å². The third kappa shape index (κ3) is 3.97. The van der Waals surface area contributed by atoms with Crippen LogP contribution >= 0.6 is 0 Å². The Bertz CT molecular complexity index is 480. The number of nitrogens with two attached hydrogens (primary N) is 1. The van der Waals surface area contributed by atoms with Crippen LogP contribution in [0.1, 0.15) is 22.3 Å². The Morgan fingerprint density at radius 1 is 1.47 bits per heavy atom. The molecule has 19 heavy (non-hydrogen) atoms. The highest BCUT2D eigenvalue weighted by Gasteiger charge is 2.17. The third-order valence-electron chi connectivity index (χ3n) is 2.95. The topological polar surface area (TPSA) is 79.3 Å². The minimum atomic E-state index is -0.114. The van der Waals surface area contributed by atoms with Crippen LogP contribution in [0.5, 0.6) is 0 Å². The van der Waals surface area contributed by atoms with E-state index in [0.717, 1.165) is 5.56 Å². The Labute approximate surface area is 113 Å². The van der Waals surface area contributed by atoms with E-state index in [1.807, 2.05) is 13.0 Å². The molecule has 0 heterocycles. The first-order valence-corrected chi connectivity index (χ1v) is 6.12. The lowest BCUT2D eigenvalue weighted by atomic mass is 10.1. The predicted octanol–water partition coefficient (Wildman–Crippen LogP) is 1.58. The first-order valence-electron chi connectivity index (χ1n) is 6.12. The number of methoxy groups -OCH3 is 1. The van der Waals surface area contributed by atoms with E-state index in [9.17, 15) is 4.79 Å². The highest BCUT2D eigenvalue weighted by Crippen LogP contribution is 2.17. The maximum absolute atomic E-state index is 12.4. The molecule has 0 atom stereocenters. The maximum atomic E-state index is 12.4. The number of carbonyl (C=O) groups is 1. The van der Waals surface area contributed by atoms with Gasteiger partial charge in [0.05, 0.1) is 19.1 Å². The predicted molar refractivity (Wildman–Crippen MR) is 73.6 cm³/mol. The van der Waals surface area contributed by atoms with Crippen LogP contribution in [0.2, 0.25) is 0 Å². The molecule has 0 radical (unpaired) electrons. The normalized spacial score (nSPS) is 9.95. The van der Waals surface area contributed by atoms with Gasteiger partial charge in [0.25, 0.3) is 5.91 Å². The summed E-state index contributed by atoms with van der Waals surface area (Å²) in [6.45, 7) is 3.12. The molecule has 1 rings (SSSR count). The molecule has 2 N–H and O–H groups in total. The number of carbonyl (C=O) groups excluding carboxylic acids is 1. The van der Waals surface area contributed by atoms with Gasteiger partial charge in [-0.2, -0.15) is 5.26 Å². The van der Waals surface area contributed by atoms with Crippen molar-refractivity contribution in [2.45, 2.75) is 13.3 Å². The summed E-state index contributed by atoms with van der Waals surface area (Å²) in [5, 5.41) is 8.65. The Morgan fingerprint density at radius 2 is 2.21 bits per heavy atom. The van der Waals surface area contributed by atoms with Crippen molar-refractivity contribution in [2.75, 3.05) is 32.5 Å². The Hall–Kier alpha value is -2.06. The highest BCUT2D eigenvalue weighted by atomic mass is 16.5. The lowest BCUT2D eigenvalue weighted by Gasteiger charge is -2.22. The lowest BCUT2D eigenvalue weighted by Crippen LogP contribution is -2.35. The molecule has 0 unspecified atom stereocenters. The standard InChI is InChI=1S/C14H19N3O2/c1-11-12(5-3-6-13(11)16)14(18)17(8-4-7-15)9-10-19-2/h3,5-6H,4,8-10,16H2,1-2H3. The number of ether oxygens (including phenoxy) is 1. The van der Waals surface area contributed by atoms with Crippen molar-refractivity contribution in [3.63, 3.8) is 0 Å². The molecule has 5 heteroatoms. The lowest BCUT2D eigenvalue weighted by molar-refractivity contribution is 0.0699. The summed E-state index contributed by atoms with van der Waals surface area (Å²) >= 11 is 0. The van der Waals surface area contributed by atoms with Gasteiger partial charge in [0.1, 0.15) is 0 Å². The second-order valence-electron chi connectivity index (χ2n) is 4.21. The van der Waals surface area contributed by atoms with Crippen molar-refractivity contribution >= 4 is 11.6 Å². The molecule has 0 fully saturated rings. The van der Waals surface area contributed by atoms with E-state index in [4.69, 9.17) is 15.7 Å². The van der Waals surface area contributed by atoms with E-state index < -0.39 is 0 Å². The zero-order valence-corrected chi connectivity index (χ0v) is 11.3. The third-order valence-corrected chi connectivity index (χ3v) is 2.95. The molecule has 0 saturated heterocycles. The van der Waals surface area contributed by atoms with Gasteiger partial charge in [-0.05, 0) is 24.6 Å². The Kier molecular flexibility index (Phi) is 5.83. The molecule has 1 aromatic rings. The molecule has 1 aromatic carbocycles. The molecule has 0 aliphatic carbocycles. The number of anilines is 1. The van der Waals surface area contributed by atoms with Gasteiger partial charge in [-0.1, -0.05) is 6.07 Å². The maximum Gasteiger partial charge on any atom is 0.254 e. The Balaban J connectivity index is 2.91. The number of hydrogen-bond donors (Lipinski definition) is 1. The molecular weight excluding hydrogens is 242 g/mol. The van der Waals surface area contributed by atoms with Crippen LogP contribution in [-0.2, 0) is 4.74 Å². The SMILES string of the molecule is COCCN(CCC#N)C(=O)c1cccc(N)c1C. The molecule has 0 aliphatic heterocycles. The first-order chi connectivity index (χ1) is 9.11. The molecule has 5 nitrogen and oxygen atoms in total. The number of nitrogens with zero attached hydrogens (tertiary/aromatic N) is 2. The first kappa shape index (κ1) is 15.0. The number of nitriles is 1. The van der Waals surface area contributed by atoms with E-state index in [2.05, 4.69) is 0 Å². The van der Waals surface area contributed by atoms with Gasteiger partial charge in [-0.25, -0.2) is 0 Å². The average Bonchev–Trinajstić information content (AvgIpc) is 2.41. The minimum absolute atomic E-state index is 0.114. The largest absolute Gasteiger partial charge is 0.398 e. The van der Waals surface area contributed by atoms with Crippen molar-refractivity contribution in [2.24, 2.45) is 0 Å². The van der Waals surface area contributed by atoms with Gasteiger partial charge in [0.15, 0.2) is 0 Å². The summed E-state index contributed by atoms with van der Waals surface area (Å²) in [7, 11) is 1.58. The molecule has 0 spiro atoms. The van der Waals surface area contributed by atoms with Crippen LogP contribution in [-0.4, -0.2) is 37.6 Å². The second kappa shape index (κ2) is 7.39. The fourth-order valence-corrected chi connectivity index (χ4v) is 1.76. The van der Waals surface area contributed by atoms with Crippen LogP contribution in [0.15, 0.2) is 18.2 Å². The molecular formula is C14H19N3O2. The monoisotopic (exact) mass is 261 g/mol. The van der Waals surface area contributed by atoms with Gasteiger partial charge in [0, 0.05) is 31.5 Å². The van der Waals surface area contributed by atoms with Crippen molar-refractivity contribution < 1.29 is 9.53 Å². The summed E-state index contributed by atoms with van der Waals surface area (Å²) in [6.07, 6.45) is 0.302. The number of amides is 1. The minimum Gasteiger partial charge on any atom is -0.398 e. The number of benzene rings is 1. The summed E-state index contributed by atoms with van der Waals surface area (Å²) < 4.78 is 4.99. The van der Waals surface area contributed by atoms with Crippen LogP contribution in [0.3, 0.4) is 0 Å². The van der Waals surface area contributed by atoms with E-state index >= 15 is 0 Å². The van der Waals surface area contributed by atoms with E-state index in [1.54, 1.807) is 30.2 Å². The zero-order valence-electron chi connectivity index (χ0n) is 11.3. The molecule has 102 valence electrons. The zero-order chi connectivity index (χ0) is 14.3. The summed E-state index contributed by atoms with van der Waals surface area (Å²) in [4.78, 5) is 14.1. The van der Waals surface area contributed by atoms with Crippen LogP contribution in [0.4, 0.5) is 5.69 Å². The van der Waals surface area contributed by atoms with Crippen LogP contribution in [0.25, 0.3) is 0 Å². The van der Waals surface area contributed by atoms with Crippen molar-refractivity contribution in [3.05, 3.63) is 29.3 Å². The molecule has 1 amide bonds. The second-order valence-corrected chi connectivity index (χ2v) is 4.21. The Morgan fingerprint density at radius 3 is 2.84 bits per heavy atom. The summed E-state index contributed by atoms with van der Waals surface area (Å²) in [6, 6.07) is 7.32. The summed E-state index contributed by atoms with van der Waals surface area (Å²) in [5.74, 6) is -0.114. The smallest absolute Gasteiger partial charge is 0.254 e. The van der Waals surface area contributed by atoms with Gasteiger partial charge in [-0.3, -0.25) is 4.79 Å². The quantitative estimate of drug-likeness (QED) is 0.788. The molecule has 0 bridgehead atoms. The average molecular weight is 261 g/mol. The van der Waals surface area contributed by atoms with Gasteiger partial charge in [-0.15, -0.1) is 0 Å². The number of hydrogen-bond acceptors (Lipinski definition) is 4. The van der Waals surface area contributed by atoms with E-state index in [0.29, 0.717) is 37.4 Å². The van der Waals surface area contributed by atoms with Crippen LogP contribution in [0, 0.1) is 18.3 Å². The highest BCUT2D eigenvalue weighted by molar-refractivity contribution is 5.96. The number of rotatable bonds is 6. The molecule has 0 saturated carbocycles. The van der Waals surface area contributed by atoms with E-state index in [-0.39, 0.29) is 5.91 Å². The van der Waals surface area contributed by atoms with Gasteiger partial charge in [0.2, 0.25) is 0 Å². The van der Waals surface area contributed by atoms with Crippen molar-refractivity contribution in [1.82, 2.24) is 4.90 Å². The molecule has 0 aromatic heterocycles. The van der Waals surface area contributed by atoms with Crippen molar-refractivity contribution in [1.29, 1.82) is 5.26 Å². The number of nitrogen functional groups attached to an aromatic ring is 1. The summed E-state index contributed by atoms with van der Waals surface area (Å²) in [5.41, 5.74) is 7.75. The van der Waals surface area contributed by atoms with Crippen LogP contribution < -0.4 is 5.73 Å².